The number of hydrogen-bond acceptors (Lipinski definition) is 4. The lowest BCUT2D eigenvalue weighted by atomic mass is 10.2. The summed E-state index contributed by atoms with van der Waals surface area (Å²) >= 11 is 0. The largest absolute Gasteiger partial charge is 0.350 e. The Morgan fingerprint density at radius 1 is 1.26 bits per heavy atom. The van der Waals surface area contributed by atoms with Crippen LogP contribution in [0.2, 0.25) is 0 Å². The van der Waals surface area contributed by atoms with Crippen molar-refractivity contribution in [3.63, 3.8) is 0 Å². The summed E-state index contributed by atoms with van der Waals surface area (Å²) in [6.07, 6.45) is 2.99. The number of hydrogen-bond donors (Lipinski definition) is 1. The van der Waals surface area contributed by atoms with E-state index in [1.54, 1.807) is 28.9 Å². The molecular weight excluding hydrogens is 316 g/mol. The van der Waals surface area contributed by atoms with Gasteiger partial charge in [-0.3, -0.25) is 13.8 Å². The van der Waals surface area contributed by atoms with E-state index in [2.05, 4.69) is 10.4 Å². The fourth-order valence-corrected chi connectivity index (χ4v) is 2.49. The number of nitrogens with zero attached hydrogens (tertiary/aromatic N) is 3. The van der Waals surface area contributed by atoms with Gasteiger partial charge in [0.2, 0.25) is 10.0 Å². The molecule has 1 aromatic heterocycles. The average molecular weight is 336 g/mol. The van der Waals surface area contributed by atoms with E-state index < -0.39 is 10.0 Å². The molecule has 124 valence electrons. The molecule has 0 aliphatic carbocycles. The Morgan fingerprint density at radius 2 is 1.91 bits per heavy atom. The fourth-order valence-electron chi connectivity index (χ4n) is 1.99. The summed E-state index contributed by atoms with van der Waals surface area (Å²) in [6.45, 7) is 2.96. The molecule has 1 heterocycles. The molecule has 0 radical (unpaired) electrons. The normalized spacial score (nSPS) is 11.3. The van der Waals surface area contributed by atoms with Gasteiger partial charge >= 0.3 is 0 Å². The maximum absolute atomic E-state index is 12.0. The highest BCUT2D eigenvalue weighted by molar-refractivity contribution is 7.92. The number of carbonyl (C=O) groups is 1. The van der Waals surface area contributed by atoms with Crippen molar-refractivity contribution in [1.29, 1.82) is 0 Å². The van der Waals surface area contributed by atoms with Crippen LogP contribution in [0.25, 0.3) is 0 Å². The quantitative estimate of drug-likeness (QED) is 0.853. The maximum Gasteiger partial charge on any atom is 0.251 e. The summed E-state index contributed by atoms with van der Waals surface area (Å²) in [5.74, 6) is -0.206. The Balaban J connectivity index is 1.92. The first kappa shape index (κ1) is 17.0. The molecule has 0 aliphatic heterocycles. The molecule has 0 saturated heterocycles. The van der Waals surface area contributed by atoms with Crippen molar-refractivity contribution in [3.8, 4) is 0 Å². The molecule has 23 heavy (non-hydrogen) atoms. The summed E-state index contributed by atoms with van der Waals surface area (Å²) in [5.41, 5.74) is 1.92. The predicted molar refractivity (Wildman–Crippen MR) is 89.0 cm³/mol. The lowest BCUT2D eigenvalue weighted by molar-refractivity contribution is 0.0952. The number of aromatic nitrogens is 2. The number of carbonyl (C=O) groups excluding carboxylic acids is 1. The van der Waals surface area contributed by atoms with Crippen LogP contribution in [0.4, 0.5) is 5.69 Å². The van der Waals surface area contributed by atoms with E-state index in [4.69, 9.17) is 0 Å². The minimum Gasteiger partial charge on any atom is -0.350 e. The number of nitrogens with one attached hydrogen (secondary N) is 1. The Bertz CT molecular complexity index is 781. The second kappa shape index (κ2) is 6.82. The van der Waals surface area contributed by atoms with Gasteiger partial charge in [-0.1, -0.05) is 0 Å². The Labute approximate surface area is 136 Å². The second-order valence-corrected chi connectivity index (χ2v) is 7.27. The topological polar surface area (TPSA) is 84.3 Å². The molecule has 2 aromatic rings. The van der Waals surface area contributed by atoms with Gasteiger partial charge in [0, 0.05) is 25.4 Å². The lowest BCUT2D eigenvalue weighted by Crippen LogP contribution is -2.28. The molecule has 0 saturated carbocycles. The van der Waals surface area contributed by atoms with Crippen molar-refractivity contribution < 1.29 is 13.2 Å². The molecule has 1 amide bonds. The third-order valence-electron chi connectivity index (χ3n) is 3.39. The zero-order chi connectivity index (χ0) is 17.0. The zero-order valence-electron chi connectivity index (χ0n) is 13.4. The van der Waals surface area contributed by atoms with Crippen molar-refractivity contribution in [2.45, 2.75) is 13.5 Å². The van der Waals surface area contributed by atoms with Crippen molar-refractivity contribution in [3.05, 3.63) is 47.8 Å². The van der Waals surface area contributed by atoms with Crippen LogP contribution in [-0.2, 0) is 16.6 Å². The molecule has 2 rings (SSSR count). The summed E-state index contributed by atoms with van der Waals surface area (Å²) in [7, 11) is -1.84. The smallest absolute Gasteiger partial charge is 0.251 e. The number of rotatable bonds is 6. The van der Waals surface area contributed by atoms with Crippen LogP contribution in [0.15, 0.2) is 36.5 Å². The van der Waals surface area contributed by atoms with Gasteiger partial charge in [0.05, 0.1) is 24.2 Å². The molecule has 0 unspecified atom stereocenters. The van der Waals surface area contributed by atoms with Crippen LogP contribution in [0, 0.1) is 6.92 Å². The molecule has 0 fully saturated rings. The van der Waals surface area contributed by atoms with Crippen molar-refractivity contribution >= 4 is 21.6 Å². The molecule has 8 heteroatoms. The van der Waals surface area contributed by atoms with Crippen LogP contribution in [0.1, 0.15) is 16.1 Å². The summed E-state index contributed by atoms with van der Waals surface area (Å²) in [4.78, 5) is 12.0. The first-order chi connectivity index (χ1) is 10.8. The Kier molecular flexibility index (Phi) is 5.05. The third-order valence-corrected chi connectivity index (χ3v) is 4.60. The lowest BCUT2D eigenvalue weighted by Gasteiger charge is -2.16. The van der Waals surface area contributed by atoms with Crippen LogP contribution >= 0.6 is 0 Å². The molecule has 0 bridgehead atoms. The molecule has 0 aliphatic rings. The average Bonchev–Trinajstić information content (AvgIpc) is 2.91. The van der Waals surface area contributed by atoms with E-state index in [1.807, 2.05) is 19.2 Å². The number of benzene rings is 1. The van der Waals surface area contributed by atoms with Gasteiger partial charge in [0.15, 0.2) is 0 Å². The van der Waals surface area contributed by atoms with Crippen molar-refractivity contribution in [1.82, 2.24) is 15.1 Å². The van der Waals surface area contributed by atoms with Crippen LogP contribution in [0.5, 0.6) is 0 Å². The minimum atomic E-state index is -3.31. The van der Waals surface area contributed by atoms with E-state index >= 15 is 0 Å². The van der Waals surface area contributed by atoms with Crippen LogP contribution < -0.4 is 9.62 Å². The highest BCUT2D eigenvalue weighted by Gasteiger charge is 2.12. The van der Waals surface area contributed by atoms with Crippen molar-refractivity contribution in [2.75, 3.05) is 24.2 Å². The van der Waals surface area contributed by atoms with Gasteiger partial charge in [0.25, 0.3) is 5.91 Å². The molecular formula is C15H20N4O3S. The van der Waals surface area contributed by atoms with E-state index in [9.17, 15) is 13.2 Å². The van der Waals surface area contributed by atoms with E-state index in [0.29, 0.717) is 24.3 Å². The monoisotopic (exact) mass is 336 g/mol. The maximum atomic E-state index is 12.0. The fraction of sp³-hybridized carbons (Fsp3) is 0.333. The van der Waals surface area contributed by atoms with Gasteiger partial charge in [-0.05, 0) is 37.3 Å². The SMILES string of the molecule is Cc1ccn(CCNC(=O)c2ccc(N(C)S(C)(=O)=O)cc2)n1. The summed E-state index contributed by atoms with van der Waals surface area (Å²) < 4.78 is 25.9. The minimum absolute atomic E-state index is 0.206. The molecule has 1 aromatic carbocycles. The van der Waals surface area contributed by atoms with Gasteiger partial charge < -0.3 is 5.32 Å². The van der Waals surface area contributed by atoms with Gasteiger partial charge in [-0.25, -0.2) is 8.42 Å². The molecule has 0 spiro atoms. The molecule has 7 nitrogen and oxygen atoms in total. The second-order valence-electron chi connectivity index (χ2n) is 5.25. The van der Waals surface area contributed by atoms with Crippen LogP contribution in [-0.4, -0.2) is 44.0 Å². The third kappa shape index (κ3) is 4.56. The van der Waals surface area contributed by atoms with Gasteiger partial charge in [-0.15, -0.1) is 0 Å². The first-order valence-corrected chi connectivity index (χ1v) is 8.94. The highest BCUT2D eigenvalue weighted by atomic mass is 32.2. The van der Waals surface area contributed by atoms with Gasteiger partial charge in [0.1, 0.15) is 0 Å². The number of aryl methyl sites for hydroxylation is 1. The highest BCUT2D eigenvalue weighted by Crippen LogP contribution is 2.16. The Morgan fingerprint density at radius 3 is 2.43 bits per heavy atom. The number of sulfonamides is 1. The summed E-state index contributed by atoms with van der Waals surface area (Å²) in [5, 5.41) is 7.04. The van der Waals surface area contributed by atoms with Gasteiger partial charge in [-0.2, -0.15) is 5.10 Å². The zero-order valence-corrected chi connectivity index (χ0v) is 14.2. The summed E-state index contributed by atoms with van der Waals surface area (Å²) in [6, 6.07) is 8.31. The standard InChI is InChI=1S/C15H20N4O3S/c1-12-8-10-19(17-12)11-9-16-15(20)13-4-6-14(7-5-13)18(2)23(3,21)22/h4-8,10H,9,11H2,1-3H3,(H,16,20). The van der Waals surface area contributed by atoms with Crippen LogP contribution in [0.3, 0.4) is 0 Å². The van der Waals surface area contributed by atoms with E-state index in [-0.39, 0.29) is 5.91 Å². The molecule has 0 atom stereocenters. The first-order valence-electron chi connectivity index (χ1n) is 7.09. The molecule has 1 N–H and O–H groups in total. The predicted octanol–water partition coefficient (Wildman–Crippen LogP) is 1.02. The van der Waals surface area contributed by atoms with E-state index in [1.165, 1.54) is 7.05 Å². The van der Waals surface area contributed by atoms with E-state index in [0.717, 1.165) is 16.3 Å². The number of amides is 1. The Hall–Kier alpha value is -2.35. The number of anilines is 1. The van der Waals surface area contributed by atoms with Crippen molar-refractivity contribution in [2.24, 2.45) is 0 Å².